The molecule has 2 rings (SSSR count). The Kier molecular flexibility index (Phi) is 2.85. The fraction of sp³-hybridized carbons (Fsp3) is 0.545. The molecule has 3 heteroatoms. The Morgan fingerprint density at radius 3 is 2.93 bits per heavy atom. The second-order valence-electron chi connectivity index (χ2n) is 4.03. The maximum absolute atomic E-state index is 8.66. The Balaban J connectivity index is 1.78. The highest BCUT2D eigenvalue weighted by Gasteiger charge is 2.24. The van der Waals surface area contributed by atoms with Crippen LogP contribution < -0.4 is 5.32 Å². The Hall–Kier alpha value is -0.850. The number of nitriles is 1. The summed E-state index contributed by atoms with van der Waals surface area (Å²) < 4.78 is 0. The first-order valence-corrected chi connectivity index (χ1v) is 5.82. The number of nitrogens with zero attached hydrogens (tertiary/aromatic N) is 1. The van der Waals surface area contributed by atoms with Gasteiger partial charge in [0.1, 0.15) is 10.9 Å². The molecule has 1 aliphatic carbocycles. The van der Waals surface area contributed by atoms with Crippen molar-refractivity contribution in [2.45, 2.75) is 32.4 Å². The predicted molar refractivity (Wildman–Crippen MR) is 58.1 cm³/mol. The van der Waals surface area contributed by atoms with E-state index >= 15 is 0 Å². The van der Waals surface area contributed by atoms with Crippen molar-refractivity contribution >= 4 is 11.3 Å². The van der Waals surface area contributed by atoms with Crippen LogP contribution in [0, 0.1) is 17.2 Å². The fourth-order valence-corrected chi connectivity index (χ4v) is 2.60. The van der Waals surface area contributed by atoms with Gasteiger partial charge in [0.25, 0.3) is 0 Å². The molecule has 1 aliphatic rings. The van der Waals surface area contributed by atoms with Gasteiger partial charge in [0, 0.05) is 17.5 Å². The van der Waals surface area contributed by atoms with Gasteiger partial charge < -0.3 is 5.32 Å². The van der Waals surface area contributed by atoms with Crippen LogP contribution in [0.15, 0.2) is 12.1 Å². The van der Waals surface area contributed by atoms with E-state index in [1.165, 1.54) is 17.7 Å². The highest BCUT2D eigenvalue weighted by atomic mass is 32.1. The van der Waals surface area contributed by atoms with E-state index in [2.05, 4.69) is 18.3 Å². The van der Waals surface area contributed by atoms with Crippen LogP contribution in [0.3, 0.4) is 0 Å². The summed E-state index contributed by atoms with van der Waals surface area (Å²) in [7, 11) is 0. The average molecular weight is 206 g/mol. The Morgan fingerprint density at radius 2 is 2.36 bits per heavy atom. The van der Waals surface area contributed by atoms with Gasteiger partial charge in [0.2, 0.25) is 0 Å². The van der Waals surface area contributed by atoms with Crippen molar-refractivity contribution in [2.75, 3.05) is 0 Å². The lowest BCUT2D eigenvalue weighted by atomic mass is 9.82. The lowest BCUT2D eigenvalue weighted by molar-refractivity contribution is 0.241. The molecule has 14 heavy (non-hydrogen) atoms. The van der Waals surface area contributed by atoms with Crippen molar-refractivity contribution in [1.29, 1.82) is 5.26 Å². The molecule has 0 atom stereocenters. The normalized spacial score (nSPS) is 25.4. The van der Waals surface area contributed by atoms with Crippen molar-refractivity contribution in [2.24, 2.45) is 5.92 Å². The maximum Gasteiger partial charge on any atom is 0.110 e. The highest BCUT2D eigenvalue weighted by molar-refractivity contribution is 7.12. The predicted octanol–water partition coefficient (Wildman–Crippen LogP) is 2.51. The molecule has 0 saturated heterocycles. The largest absolute Gasteiger partial charge is 0.309 e. The molecule has 0 amide bonds. The SMILES string of the molecule is CC1CC(NCc2ccc(C#N)s2)C1. The molecular weight excluding hydrogens is 192 g/mol. The molecule has 1 saturated carbocycles. The van der Waals surface area contributed by atoms with Crippen molar-refractivity contribution < 1.29 is 0 Å². The molecule has 0 bridgehead atoms. The summed E-state index contributed by atoms with van der Waals surface area (Å²) >= 11 is 1.59. The van der Waals surface area contributed by atoms with Crippen LogP contribution in [0.1, 0.15) is 29.5 Å². The highest BCUT2D eigenvalue weighted by Crippen LogP contribution is 2.26. The minimum atomic E-state index is 0.706. The Bertz CT molecular complexity index is 344. The van der Waals surface area contributed by atoms with Gasteiger partial charge in [-0.1, -0.05) is 6.92 Å². The van der Waals surface area contributed by atoms with E-state index in [9.17, 15) is 0 Å². The van der Waals surface area contributed by atoms with E-state index in [1.54, 1.807) is 11.3 Å². The molecule has 0 unspecified atom stereocenters. The average Bonchev–Trinajstić information content (AvgIpc) is 2.58. The van der Waals surface area contributed by atoms with Gasteiger partial charge in [0.05, 0.1) is 0 Å². The van der Waals surface area contributed by atoms with Crippen LogP contribution in [0.25, 0.3) is 0 Å². The monoisotopic (exact) mass is 206 g/mol. The molecule has 2 nitrogen and oxygen atoms in total. The third-order valence-corrected chi connectivity index (χ3v) is 3.70. The summed E-state index contributed by atoms with van der Waals surface area (Å²) in [5.74, 6) is 0.894. The van der Waals surface area contributed by atoms with Crippen LogP contribution in [-0.2, 0) is 6.54 Å². The first-order valence-electron chi connectivity index (χ1n) is 5.00. The summed E-state index contributed by atoms with van der Waals surface area (Å²) in [6.07, 6.45) is 2.60. The maximum atomic E-state index is 8.66. The molecule has 1 heterocycles. The standard InChI is InChI=1S/C11H14N2S/c1-8-4-9(5-8)13-7-11-3-2-10(6-12)14-11/h2-3,8-9,13H,4-5,7H2,1H3. The number of hydrogen-bond donors (Lipinski definition) is 1. The topological polar surface area (TPSA) is 35.8 Å². The minimum Gasteiger partial charge on any atom is -0.309 e. The molecule has 1 N–H and O–H groups in total. The first-order chi connectivity index (χ1) is 6.78. The summed E-state index contributed by atoms with van der Waals surface area (Å²) in [5, 5.41) is 12.2. The van der Waals surface area contributed by atoms with Crippen LogP contribution in [0.5, 0.6) is 0 Å². The van der Waals surface area contributed by atoms with E-state index < -0.39 is 0 Å². The van der Waals surface area contributed by atoms with Gasteiger partial charge in [-0.05, 0) is 30.9 Å². The second kappa shape index (κ2) is 4.12. The molecule has 0 aromatic carbocycles. The Morgan fingerprint density at radius 1 is 1.57 bits per heavy atom. The van der Waals surface area contributed by atoms with Crippen LogP contribution in [0.4, 0.5) is 0 Å². The smallest absolute Gasteiger partial charge is 0.110 e. The number of thiophene rings is 1. The fourth-order valence-electron chi connectivity index (χ4n) is 1.85. The summed E-state index contributed by atoms with van der Waals surface area (Å²) in [4.78, 5) is 2.07. The molecule has 74 valence electrons. The third-order valence-electron chi connectivity index (χ3n) is 2.71. The van der Waals surface area contributed by atoms with E-state index in [0.717, 1.165) is 17.3 Å². The van der Waals surface area contributed by atoms with E-state index in [4.69, 9.17) is 5.26 Å². The first kappa shape index (κ1) is 9.70. The zero-order chi connectivity index (χ0) is 9.97. The zero-order valence-corrected chi connectivity index (χ0v) is 9.10. The molecule has 0 radical (unpaired) electrons. The van der Waals surface area contributed by atoms with E-state index in [1.807, 2.05) is 12.1 Å². The van der Waals surface area contributed by atoms with Crippen molar-refractivity contribution in [3.63, 3.8) is 0 Å². The van der Waals surface area contributed by atoms with Gasteiger partial charge in [-0.3, -0.25) is 0 Å². The van der Waals surface area contributed by atoms with Gasteiger partial charge in [0.15, 0.2) is 0 Å². The summed E-state index contributed by atoms with van der Waals surface area (Å²) in [6, 6.07) is 6.80. The minimum absolute atomic E-state index is 0.706. The lowest BCUT2D eigenvalue weighted by Gasteiger charge is -2.33. The third kappa shape index (κ3) is 2.14. The van der Waals surface area contributed by atoms with Gasteiger partial charge >= 0.3 is 0 Å². The molecule has 1 fully saturated rings. The second-order valence-corrected chi connectivity index (χ2v) is 5.20. The van der Waals surface area contributed by atoms with Crippen molar-refractivity contribution in [3.05, 3.63) is 21.9 Å². The summed E-state index contributed by atoms with van der Waals surface area (Å²) in [5.41, 5.74) is 0. The van der Waals surface area contributed by atoms with Crippen molar-refractivity contribution in [1.82, 2.24) is 5.32 Å². The van der Waals surface area contributed by atoms with Crippen LogP contribution >= 0.6 is 11.3 Å². The van der Waals surface area contributed by atoms with E-state index in [0.29, 0.717) is 6.04 Å². The van der Waals surface area contributed by atoms with Crippen LogP contribution in [-0.4, -0.2) is 6.04 Å². The van der Waals surface area contributed by atoms with Crippen LogP contribution in [0.2, 0.25) is 0 Å². The number of nitrogens with one attached hydrogen (secondary N) is 1. The quantitative estimate of drug-likeness (QED) is 0.824. The van der Waals surface area contributed by atoms with E-state index in [-0.39, 0.29) is 0 Å². The number of rotatable bonds is 3. The van der Waals surface area contributed by atoms with Gasteiger partial charge in [-0.15, -0.1) is 11.3 Å². The molecule has 1 aromatic heterocycles. The summed E-state index contributed by atoms with van der Waals surface area (Å²) in [6.45, 7) is 3.21. The van der Waals surface area contributed by atoms with Gasteiger partial charge in [-0.25, -0.2) is 0 Å². The molecular formula is C11H14N2S. The molecule has 0 aliphatic heterocycles. The number of hydrogen-bond acceptors (Lipinski definition) is 3. The van der Waals surface area contributed by atoms with Crippen molar-refractivity contribution in [3.8, 4) is 6.07 Å². The zero-order valence-electron chi connectivity index (χ0n) is 8.29. The van der Waals surface area contributed by atoms with Gasteiger partial charge in [-0.2, -0.15) is 5.26 Å². The molecule has 1 aromatic rings. The Labute approximate surface area is 88.6 Å². The lowest BCUT2D eigenvalue weighted by Crippen LogP contribution is -2.39. The molecule has 0 spiro atoms.